The number of anilines is 1. The maximum absolute atomic E-state index is 12.8. The normalized spacial score (nSPS) is 17.6. The Morgan fingerprint density at radius 3 is 2.48 bits per heavy atom. The minimum absolute atomic E-state index is 0.151. The highest BCUT2D eigenvalue weighted by molar-refractivity contribution is 5.95. The molecule has 0 spiro atoms. The van der Waals surface area contributed by atoms with Crippen LogP contribution in [0.15, 0.2) is 60.7 Å². The summed E-state index contributed by atoms with van der Waals surface area (Å²) in [7, 11) is 1.60. The Hall–Kier alpha value is -2.86. The molecule has 0 saturated carbocycles. The standard InChI is InChI=1S/C21H24N2O4/c1-26-15-19(22-17-10-6-3-7-11-17)18-12-13-23(20(18)24)21(25)27-14-16-8-4-2-5-9-16/h2-11,18-19,22H,12-15H2,1H3/t18-,19+/m1/s1. The van der Waals surface area contributed by atoms with Gasteiger partial charge in [0.25, 0.3) is 0 Å². The summed E-state index contributed by atoms with van der Waals surface area (Å²) >= 11 is 0. The first-order chi connectivity index (χ1) is 13.2. The van der Waals surface area contributed by atoms with Gasteiger partial charge in [0, 0.05) is 19.3 Å². The maximum Gasteiger partial charge on any atom is 0.416 e. The number of benzene rings is 2. The molecule has 0 bridgehead atoms. The van der Waals surface area contributed by atoms with Crippen LogP contribution in [-0.4, -0.2) is 43.2 Å². The van der Waals surface area contributed by atoms with E-state index in [4.69, 9.17) is 9.47 Å². The number of carbonyl (C=O) groups excluding carboxylic acids is 2. The van der Waals surface area contributed by atoms with E-state index in [9.17, 15) is 9.59 Å². The fraction of sp³-hybridized carbons (Fsp3) is 0.333. The average molecular weight is 368 g/mol. The Morgan fingerprint density at radius 1 is 1.15 bits per heavy atom. The number of nitrogens with zero attached hydrogens (tertiary/aromatic N) is 1. The number of imide groups is 1. The maximum atomic E-state index is 12.8. The second-order valence-electron chi connectivity index (χ2n) is 6.50. The number of rotatable bonds is 7. The topological polar surface area (TPSA) is 67.9 Å². The van der Waals surface area contributed by atoms with Crippen LogP contribution in [-0.2, 0) is 20.9 Å². The summed E-state index contributed by atoms with van der Waals surface area (Å²) in [4.78, 5) is 26.3. The number of carbonyl (C=O) groups is 2. The van der Waals surface area contributed by atoms with E-state index >= 15 is 0 Å². The van der Waals surface area contributed by atoms with Gasteiger partial charge in [0.2, 0.25) is 5.91 Å². The lowest BCUT2D eigenvalue weighted by atomic mass is 9.98. The smallest absolute Gasteiger partial charge is 0.416 e. The zero-order valence-corrected chi connectivity index (χ0v) is 15.3. The van der Waals surface area contributed by atoms with Gasteiger partial charge in [-0.3, -0.25) is 4.79 Å². The molecule has 142 valence electrons. The molecule has 3 rings (SSSR count). The monoisotopic (exact) mass is 368 g/mol. The first kappa shape index (κ1) is 18.9. The van der Waals surface area contributed by atoms with Crippen LogP contribution in [0.1, 0.15) is 12.0 Å². The summed E-state index contributed by atoms with van der Waals surface area (Å²) in [5.74, 6) is -0.562. The second-order valence-corrected chi connectivity index (χ2v) is 6.50. The van der Waals surface area contributed by atoms with Crippen molar-refractivity contribution < 1.29 is 19.1 Å². The number of para-hydroxylation sites is 1. The summed E-state index contributed by atoms with van der Waals surface area (Å²) in [6.07, 6.45) is -0.0186. The van der Waals surface area contributed by atoms with Crippen molar-refractivity contribution in [1.82, 2.24) is 4.90 Å². The molecule has 6 heteroatoms. The summed E-state index contributed by atoms with van der Waals surface area (Å²) in [6.45, 7) is 0.879. The molecule has 2 atom stereocenters. The van der Waals surface area contributed by atoms with Gasteiger partial charge in [-0.2, -0.15) is 0 Å². The number of hydrogen-bond donors (Lipinski definition) is 1. The number of likely N-dealkylation sites (tertiary alicyclic amines) is 1. The molecule has 1 aliphatic rings. The molecule has 1 N–H and O–H groups in total. The number of methoxy groups -OCH3 is 1. The Bertz CT molecular complexity index is 751. The highest BCUT2D eigenvalue weighted by Gasteiger charge is 2.41. The van der Waals surface area contributed by atoms with Crippen LogP contribution in [0.3, 0.4) is 0 Å². The number of hydrogen-bond acceptors (Lipinski definition) is 5. The van der Waals surface area contributed by atoms with Crippen molar-refractivity contribution in [2.24, 2.45) is 5.92 Å². The van der Waals surface area contributed by atoms with Crippen molar-refractivity contribution in [2.75, 3.05) is 25.6 Å². The van der Waals surface area contributed by atoms with Gasteiger partial charge < -0.3 is 14.8 Å². The third kappa shape index (κ3) is 4.86. The van der Waals surface area contributed by atoms with Crippen molar-refractivity contribution in [1.29, 1.82) is 0 Å². The lowest BCUT2D eigenvalue weighted by Gasteiger charge is -2.24. The van der Waals surface area contributed by atoms with E-state index in [1.54, 1.807) is 7.11 Å². The number of nitrogens with one attached hydrogen (secondary N) is 1. The first-order valence-corrected chi connectivity index (χ1v) is 9.01. The predicted molar refractivity (Wildman–Crippen MR) is 102 cm³/mol. The number of amides is 2. The zero-order valence-electron chi connectivity index (χ0n) is 15.3. The van der Waals surface area contributed by atoms with Gasteiger partial charge >= 0.3 is 6.09 Å². The van der Waals surface area contributed by atoms with Gasteiger partial charge in [-0.1, -0.05) is 48.5 Å². The molecule has 2 amide bonds. The summed E-state index contributed by atoms with van der Waals surface area (Å²) in [6, 6.07) is 18.9. The third-order valence-electron chi connectivity index (χ3n) is 4.63. The number of ether oxygens (including phenoxy) is 2. The van der Waals surface area contributed by atoms with E-state index in [0.29, 0.717) is 19.6 Å². The van der Waals surface area contributed by atoms with Crippen molar-refractivity contribution >= 4 is 17.7 Å². The minimum Gasteiger partial charge on any atom is -0.444 e. The van der Waals surface area contributed by atoms with Crippen molar-refractivity contribution in [3.8, 4) is 0 Å². The molecule has 1 heterocycles. The van der Waals surface area contributed by atoms with Crippen LogP contribution in [0.5, 0.6) is 0 Å². The van der Waals surface area contributed by atoms with E-state index in [0.717, 1.165) is 11.3 Å². The van der Waals surface area contributed by atoms with Gasteiger partial charge in [0.1, 0.15) is 6.61 Å². The third-order valence-corrected chi connectivity index (χ3v) is 4.63. The van der Waals surface area contributed by atoms with Gasteiger partial charge in [-0.05, 0) is 24.1 Å². The van der Waals surface area contributed by atoms with Crippen LogP contribution < -0.4 is 5.32 Å². The molecule has 0 aliphatic carbocycles. The molecule has 1 fully saturated rings. The fourth-order valence-corrected chi connectivity index (χ4v) is 3.24. The highest BCUT2D eigenvalue weighted by Crippen LogP contribution is 2.25. The van der Waals surface area contributed by atoms with E-state index in [-0.39, 0.29) is 24.5 Å². The first-order valence-electron chi connectivity index (χ1n) is 9.01. The van der Waals surface area contributed by atoms with Gasteiger partial charge in [-0.25, -0.2) is 9.69 Å². The predicted octanol–water partition coefficient (Wildman–Crippen LogP) is 3.30. The second kappa shape index (κ2) is 9.19. The SMILES string of the molecule is COC[C@H](Nc1ccccc1)[C@H]1CCN(C(=O)OCc2ccccc2)C1=O. The fourth-order valence-electron chi connectivity index (χ4n) is 3.24. The van der Waals surface area contributed by atoms with E-state index in [1.807, 2.05) is 60.7 Å². The van der Waals surface area contributed by atoms with Crippen molar-refractivity contribution in [3.63, 3.8) is 0 Å². The Balaban J connectivity index is 1.60. The largest absolute Gasteiger partial charge is 0.444 e. The zero-order chi connectivity index (χ0) is 19.1. The molecule has 2 aromatic carbocycles. The summed E-state index contributed by atoms with van der Waals surface area (Å²) < 4.78 is 10.6. The van der Waals surface area contributed by atoms with Crippen LogP contribution in [0.25, 0.3) is 0 Å². The quantitative estimate of drug-likeness (QED) is 0.812. The van der Waals surface area contributed by atoms with Gasteiger partial charge in [-0.15, -0.1) is 0 Å². The van der Waals surface area contributed by atoms with E-state index in [2.05, 4.69) is 5.32 Å². The average Bonchev–Trinajstić information content (AvgIpc) is 3.09. The molecule has 27 heavy (non-hydrogen) atoms. The molecule has 6 nitrogen and oxygen atoms in total. The Labute approximate surface area is 159 Å². The van der Waals surface area contributed by atoms with E-state index in [1.165, 1.54) is 4.90 Å². The molecule has 1 saturated heterocycles. The van der Waals surface area contributed by atoms with Crippen LogP contribution in [0.2, 0.25) is 0 Å². The van der Waals surface area contributed by atoms with Gasteiger partial charge in [0.05, 0.1) is 18.6 Å². The van der Waals surface area contributed by atoms with Gasteiger partial charge in [0.15, 0.2) is 0 Å². The summed E-state index contributed by atoms with van der Waals surface area (Å²) in [5.41, 5.74) is 1.80. The molecule has 2 aromatic rings. The van der Waals surface area contributed by atoms with Crippen molar-refractivity contribution in [3.05, 3.63) is 66.2 Å². The highest BCUT2D eigenvalue weighted by atomic mass is 16.6. The lowest BCUT2D eigenvalue weighted by Crippen LogP contribution is -2.41. The van der Waals surface area contributed by atoms with Crippen LogP contribution >= 0.6 is 0 Å². The van der Waals surface area contributed by atoms with E-state index < -0.39 is 6.09 Å². The lowest BCUT2D eigenvalue weighted by molar-refractivity contribution is -0.130. The minimum atomic E-state index is -0.595. The molecule has 0 radical (unpaired) electrons. The Kier molecular flexibility index (Phi) is 6.44. The van der Waals surface area contributed by atoms with Crippen molar-refractivity contribution in [2.45, 2.75) is 19.1 Å². The molecular weight excluding hydrogens is 344 g/mol. The molecule has 1 aliphatic heterocycles. The van der Waals surface area contributed by atoms with Crippen LogP contribution in [0, 0.1) is 5.92 Å². The van der Waals surface area contributed by atoms with Crippen LogP contribution in [0.4, 0.5) is 10.5 Å². The summed E-state index contributed by atoms with van der Waals surface area (Å²) in [5, 5.41) is 3.34. The Morgan fingerprint density at radius 2 is 1.81 bits per heavy atom. The molecule has 0 aromatic heterocycles. The molecular formula is C21H24N2O4. The molecule has 0 unspecified atom stereocenters.